The van der Waals surface area contributed by atoms with Crippen molar-refractivity contribution in [1.82, 2.24) is 0 Å². The molecule has 1 aromatic heterocycles. The van der Waals surface area contributed by atoms with Crippen molar-refractivity contribution in [3.8, 4) is 44.5 Å². The van der Waals surface area contributed by atoms with Crippen LogP contribution in [0.2, 0.25) is 0 Å². The van der Waals surface area contributed by atoms with Crippen LogP contribution in [0.4, 0.5) is 17.1 Å². The van der Waals surface area contributed by atoms with Gasteiger partial charge in [-0.2, -0.15) is 0 Å². The average Bonchev–Trinajstić information content (AvgIpc) is 3.72. The predicted octanol–water partition coefficient (Wildman–Crippen LogP) is 17.7. The molecule has 11 aromatic carbocycles. The molecule has 0 amide bonds. The van der Waals surface area contributed by atoms with E-state index in [1.54, 1.807) is 0 Å². The summed E-state index contributed by atoms with van der Waals surface area (Å²) in [6, 6.07) is 86.8. The van der Waals surface area contributed by atoms with E-state index >= 15 is 0 Å². The largest absolute Gasteiger partial charge is 0.310 e. The monoisotopic (exact) mass is 805 g/mol. The van der Waals surface area contributed by atoms with Crippen molar-refractivity contribution in [2.75, 3.05) is 4.90 Å². The summed E-state index contributed by atoms with van der Waals surface area (Å²) in [5, 5.41) is 10.1. The van der Waals surface area contributed by atoms with Crippen molar-refractivity contribution in [3.05, 3.63) is 237 Å². The van der Waals surface area contributed by atoms with Crippen molar-refractivity contribution < 1.29 is 0 Å². The van der Waals surface area contributed by atoms with Crippen LogP contribution in [0.15, 0.2) is 237 Å². The van der Waals surface area contributed by atoms with Gasteiger partial charge < -0.3 is 4.90 Å². The second-order valence-electron chi connectivity index (χ2n) is 16.0. The van der Waals surface area contributed by atoms with Gasteiger partial charge in [-0.15, -0.1) is 11.3 Å². The summed E-state index contributed by atoms with van der Waals surface area (Å²) in [5.41, 5.74) is 13.1. The number of fused-ring (bicyclic) bond motifs is 7. The molecule has 0 aliphatic heterocycles. The van der Waals surface area contributed by atoms with Crippen LogP contribution in [0, 0.1) is 0 Å². The molecule has 0 saturated carbocycles. The first-order valence-electron chi connectivity index (χ1n) is 21.2. The fraction of sp³-hybridized carbons (Fsp3) is 0. The molecule has 0 saturated heterocycles. The third-order valence-electron chi connectivity index (χ3n) is 12.4. The van der Waals surface area contributed by atoms with E-state index in [2.05, 4.69) is 241 Å². The number of benzene rings is 11. The van der Waals surface area contributed by atoms with E-state index in [1.165, 1.54) is 91.4 Å². The van der Waals surface area contributed by atoms with Gasteiger partial charge in [0.05, 0.1) is 0 Å². The highest BCUT2D eigenvalue weighted by atomic mass is 32.1. The summed E-state index contributed by atoms with van der Waals surface area (Å²) >= 11 is 1.86. The molecule has 62 heavy (non-hydrogen) atoms. The molecular formula is C60H39NS. The summed E-state index contributed by atoms with van der Waals surface area (Å²) in [6.45, 7) is 0. The Morgan fingerprint density at radius 1 is 0.258 bits per heavy atom. The zero-order chi connectivity index (χ0) is 41.0. The Morgan fingerprint density at radius 3 is 1.56 bits per heavy atom. The Morgan fingerprint density at radius 2 is 0.774 bits per heavy atom. The fourth-order valence-electron chi connectivity index (χ4n) is 9.57. The normalized spacial score (nSPS) is 11.5. The van der Waals surface area contributed by atoms with E-state index < -0.39 is 0 Å². The Hall–Kier alpha value is -7.78. The van der Waals surface area contributed by atoms with Gasteiger partial charge in [-0.3, -0.25) is 0 Å². The number of anilines is 3. The van der Waals surface area contributed by atoms with Crippen LogP contribution < -0.4 is 4.90 Å². The summed E-state index contributed by atoms with van der Waals surface area (Å²) in [4.78, 5) is 2.41. The topological polar surface area (TPSA) is 3.24 Å². The molecule has 2 heteroatoms. The number of rotatable bonds is 7. The minimum atomic E-state index is 1.10. The van der Waals surface area contributed by atoms with Crippen LogP contribution >= 0.6 is 11.3 Å². The molecule has 0 aliphatic rings. The molecule has 1 nitrogen and oxygen atoms in total. The third kappa shape index (κ3) is 6.15. The van der Waals surface area contributed by atoms with Gasteiger partial charge in [-0.25, -0.2) is 0 Å². The second kappa shape index (κ2) is 15.0. The van der Waals surface area contributed by atoms with Gasteiger partial charge in [0, 0.05) is 37.2 Å². The summed E-state index contributed by atoms with van der Waals surface area (Å²) in [7, 11) is 0. The van der Waals surface area contributed by atoms with Crippen LogP contribution in [0.5, 0.6) is 0 Å². The molecule has 0 spiro atoms. The van der Waals surface area contributed by atoms with Crippen molar-refractivity contribution >= 4 is 80.9 Å². The van der Waals surface area contributed by atoms with Crippen LogP contribution in [0.25, 0.3) is 97.0 Å². The molecule has 0 fully saturated rings. The van der Waals surface area contributed by atoms with Gasteiger partial charge in [0.2, 0.25) is 0 Å². The first-order chi connectivity index (χ1) is 30.7. The van der Waals surface area contributed by atoms with E-state index in [1.807, 2.05) is 11.3 Å². The van der Waals surface area contributed by atoms with Crippen LogP contribution in [-0.2, 0) is 0 Å². The number of thiophene rings is 1. The van der Waals surface area contributed by atoms with E-state index in [4.69, 9.17) is 0 Å². The summed E-state index contributed by atoms with van der Waals surface area (Å²) in [5.74, 6) is 0. The van der Waals surface area contributed by atoms with Crippen molar-refractivity contribution in [2.24, 2.45) is 0 Å². The summed E-state index contributed by atoms with van der Waals surface area (Å²) < 4.78 is 2.59. The first-order valence-corrected chi connectivity index (χ1v) is 22.1. The van der Waals surface area contributed by atoms with Gasteiger partial charge in [0.25, 0.3) is 0 Å². The zero-order valence-electron chi connectivity index (χ0n) is 33.9. The lowest BCUT2D eigenvalue weighted by molar-refractivity contribution is 1.29. The third-order valence-corrected chi connectivity index (χ3v) is 13.6. The van der Waals surface area contributed by atoms with E-state index in [-0.39, 0.29) is 0 Å². The van der Waals surface area contributed by atoms with E-state index in [0.717, 1.165) is 22.6 Å². The molecule has 12 aromatic rings. The first kappa shape index (κ1) is 36.1. The smallest absolute Gasteiger partial charge is 0.0476 e. The SMILES string of the molecule is c1ccc(-c2c(-c3ccccc3)c3cc(-c4cccc(N(c5ccc(-c6cccc7ccccc67)cc5)c5ccc6c(c5)sc5ccccc56)c4)ccc3c3ccccc23)cc1. The van der Waals surface area contributed by atoms with Gasteiger partial charge >= 0.3 is 0 Å². The zero-order valence-corrected chi connectivity index (χ0v) is 34.7. The Bertz CT molecular complexity index is 3620. The molecule has 1 heterocycles. The minimum absolute atomic E-state index is 1.10. The highest BCUT2D eigenvalue weighted by Gasteiger charge is 2.20. The standard InChI is InChI=1S/C60H39NS/c1-3-16-42(17-4-1)59-55-26-10-9-24-51(55)52-35-31-45(38-56(52)60(59)43-18-5-2-6-19-43)44-21-13-22-47(37-44)61(48-34-36-54-53-25-11-12-28-57(53)62-58(54)39-48)46-32-29-41(30-33-46)50-27-14-20-40-15-7-8-23-49(40)50/h1-39H. The van der Waals surface area contributed by atoms with Crippen LogP contribution in [0.3, 0.4) is 0 Å². The lowest BCUT2D eigenvalue weighted by Gasteiger charge is -2.26. The van der Waals surface area contributed by atoms with Gasteiger partial charge in [0.1, 0.15) is 0 Å². The molecule has 0 atom stereocenters. The Kier molecular flexibility index (Phi) is 8.76. The van der Waals surface area contributed by atoms with Crippen molar-refractivity contribution in [2.45, 2.75) is 0 Å². The van der Waals surface area contributed by atoms with E-state index in [9.17, 15) is 0 Å². The highest BCUT2D eigenvalue weighted by Crippen LogP contribution is 2.47. The average molecular weight is 806 g/mol. The molecular weight excluding hydrogens is 767 g/mol. The number of hydrogen-bond donors (Lipinski definition) is 0. The molecule has 12 rings (SSSR count). The molecule has 290 valence electrons. The van der Waals surface area contributed by atoms with Gasteiger partial charge in [-0.05, 0) is 125 Å². The van der Waals surface area contributed by atoms with Gasteiger partial charge in [0.15, 0.2) is 0 Å². The van der Waals surface area contributed by atoms with Crippen molar-refractivity contribution in [3.63, 3.8) is 0 Å². The lowest BCUT2D eigenvalue weighted by atomic mass is 9.84. The number of hydrogen-bond acceptors (Lipinski definition) is 2. The minimum Gasteiger partial charge on any atom is -0.310 e. The Balaban J connectivity index is 1.04. The second-order valence-corrected chi connectivity index (χ2v) is 17.1. The fourth-order valence-corrected chi connectivity index (χ4v) is 10.7. The molecule has 0 bridgehead atoms. The molecule has 0 radical (unpaired) electrons. The van der Waals surface area contributed by atoms with E-state index in [0.29, 0.717) is 0 Å². The molecule has 0 unspecified atom stereocenters. The van der Waals surface area contributed by atoms with Crippen molar-refractivity contribution in [1.29, 1.82) is 0 Å². The van der Waals surface area contributed by atoms with Crippen LogP contribution in [0.1, 0.15) is 0 Å². The highest BCUT2D eigenvalue weighted by molar-refractivity contribution is 7.25. The van der Waals surface area contributed by atoms with Gasteiger partial charge in [-0.1, -0.05) is 188 Å². The van der Waals surface area contributed by atoms with Crippen LogP contribution in [-0.4, -0.2) is 0 Å². The maximum atomic E-state index is 2.42. The Labute approximate surface area is 365 Å². The summed E-state index contributed by atoms with van der Waals surface area (Å²) in [6.07, 6.45) is 0. The molecule has 0 aliphatic carbocycles. The maximum Gasteiger partial charge on any atom is 0.0476 e. The molecule has 0 N–H and O–H groups in total. The quantitative estimate of drug-likeness (QED) is 0.145. The predicted molar refractivity (Wildman–Crippen MR) is 268 cm³/mol. The maximum absolute atomic E-state index is 2.42. The number of nitrogens with zero attached hydrogens (tertiary/aromatic N) is 1. The lowest BCUT2D eigenvalue weighted by Crippen LogP contribution is -2.10.